The van der Waals surface area contributed by atoms with Crippen molar-refractivity contribution in [3.8, 4) is 0 Å². The molecular weight excluding hydrogens is 262 g/mol. The Balaban J connectivity index is 1.91. The Morgan fingerprint density at radius 2 is 2.19 bits per heavy atom. The lowest BCUT2D eigenvalue weighted by Gasteiger charge is -2.26. The summed E-state index contributed by atoms with van der Waals surface area (Å²) in [6.45, 7) is 4.07. The first kappa shape index (κ1) is 13.9. The van der Waals surface area contributed by atoms with E-state index in [9.17, 15) is 0 Å². The molecule has 0 saturated heterocycles. The zero-order chi connectivity index (χ0) is 14.5. The average Bonchev–Trinajstić information content (AvgIpc) is 3.05. The monoisotopic (exact) mass is 283 g/mol. The van der Waals surface area contributed by atoms with Crippen LogP contribution in [-0.2, 0) is 6.42 Å². The topological polar surface area (TPSA) is 55.6 Å². The number of benzene rings is 1. The van der Waals surface area contributed by atoms with Crippen LogP contribution >= 0.6 is 0 Å². The maximum Gasteiger partial charge on any atom is 0.162 e. The lowest BCUT2D eigenvalue weighted by Crippen LogP contribution is -2.33. The van der Waals surface area contributed by atoms with E-state index < -0.39 is 0 Å². The minimum atomic E-state index is 0.0900. The molecule has 1 aliphatic rings. The van der Waals surface area contributed by atoms with Gasteiger partial charge in [0.1, 0.15) is 6.04 Å². The van der Waals surface area contributed by atoms with Gasteiger partial charge in [0.25, 0.3) is 0 Å². The average molecular weight is 283 g/mol. The molecule has 5 nitrogen and oxygen atoms in total. The molecule has 110 valence electrons. The summed E-state index contributed by atoms with van der Waals surface area (Å²) < 4.78 is 0. The molecule has 1 N–H and O–H groups in total. The van der Waals surface area contributed by atoms with E-state index in [1.807, 2.05) is 0 Å². The molecule has 1 aromatic carbocycles. The first-order chi connectivity index (χ1) is 10.4. The van der Waals surface area contributed by atoms with Crippen LogP contribution in [0.4, 0.5) is 0 Å². The van der Waals surface area contributed by atoms with Crippen molar-refractivity contribution in [2.75, 3.05) is 13.1 Å². The molecule has 21 heavy (non-hydrogen) atoms. The zero-order valence-corrected chi connectivity index (χ0v) is 12.3. The number of tetrazole rings is 1. The van der Waals surface area contributed by atoms with E-state index in [-0.39, 0.29) is 6.04 Å². The van der Waals surface area contributed by atoms with Gasteiger partial charge in [-0.15, -0.1) is 10.2 Å². The van der Waals surface area contributed by atoms with Gasteiger partial charge < -0.3 is 5.32 Å². The van der Waals surface area contributed by atoms with Crippen LogP contribution < -0.4 is 5.32 Å². The van der Waals surface area contributed by atoms with Crippen LogP contribution in [-0.4, -0.2) is 33.3 Å². The summed E-state index contributed by atoms with van der Waals surface area (Å²) in [6.07, 6.45) is 8.21. The number of hydrogen-bond acceptors (Lipinski definition) is 4. The predicted octanol–water partition coefficient (Wildman–Crippen LogP) is 1.99. The number of aromatic nitrogens is 4. The second kappa shape index (κ2) is 6.63. The van der Waals surface area contributed by atoms with Gasteiger partial charge in [-0.2, -0.15) is 4.80 Å². The number of hydrogen-bond donors (Lipinski definition) is 1. The first-order valence-electron chi connectivity index (χ1n) is 7.57. The van der Waals surface area contributed by atoms with Crippen LogP contribution in [0, 0.1) is 5.92 Å². The Kier molecular flexibility index (Phi) is 4.40. The SMILES string of the molecule is CCCc1ccc([C@@H]([C@H]2C=CCNC2)n2ncnn2)cc1. The second-order valence-corrected chi connectivity index (χ2v) is 5.44. The summed E-state index contributed by atoms with van der Waals surface area (Å²) in [4.78, 5) is 1.72. The van der Waals surface area contributed by atoms with E-state index in [0.717, 1.165) is 19.5 Å². The van der Waals surface area contributed by atoms with Gasteiger partial charge >= 0.3 is 0 Å². The Hall–Kier alpha value is -2.01. The number of nitrogens with zero attached hydrogens (tertiary/aromatic N) is 4. The summed E-state index contributed by atoms with van der Waals surface area (Å²) in [7, 11) is 0. The third-order valence-corrected chi connectivity index (χ3v) is 3.90. The number of aryl methyl sites for hydroxylation is 1. The Morgan fingerprint density at radius 3 is 2.81 bits per heavy atom. The van der Waals surface area contributed by atoms with Crippen molar-refractivity contribution in [3.63, 3.8) is 0 Å². The molecule has 2 aromatic rings. The number of rotatable bonds is 5. The van der Waals surface area contributed by atoms with Crippen molar-refractivity contribution in [3.05, 3.63) is 53.9 Å². The van der Waals surface area contributed by atoms with E-state index in [4.69, 9.17) is 0 Å². The number of nitrogens with one attached hydrogen (secondary N) is 1. The summed E-state index contributed by atoms with van der Waals surface area (Å²) in [5.74, 6) is 0.338. The summed E-state index contributed by atoms with van der Waals surface area (Å²) in [5.41, 5.74) is 2.61. The van der Waals surface area contributed by atoms with E-state index in [1.165, 1.54) is 23.9 Å². The highest BCUT2D eigenvalue weighted by molar-refractivity contribution is 5.27. The van der Waals surface area contributed by atoms with Gasteiger partial charge in [-0.1, -0.05) is 49.8 Å². The lowest BCUT2D eigenvalue weighted by molar-refractivity contribution is 0.349. The fraction of sp³-hybridized carbons (Fsp3) is 0.438. The molecule has 1 aliphatic heterocycles. The van der Waals surface area contributed by atoms with Gasteiger partial charge in [0.05, 0.1) is 0 Å². The van der Waals surface area contributed by atoms with Gasteiger partial charge in [-0.25, -0.2) is 0 Å². The molecule has 0 fully saturated rings. The smallest absolute Gasteiger partial charge is 0.162 e. The van der Waals surface area contributed by atoms with Crippen LogP contribution in [0.1, 0.15) is 30.5 Å². The third kappa shape index (κ3) is 3.19. The minimum Gasteiger partial charge on any atom is -0.313 e. The van der Waals surface area contributed by atoms with Crippen molar-refractivity contribution in [2.24, 2.45) is 5.92 Å². The fourth-order valence-electron chi connectivity index (χ4n) is 2.89. The van der Waals surface area contributed by atoms with Crippen molar-refractivity contribution < 1.29 is 0 Å². The Labute approximate surface area is 125 Å². The second-order valence-electron chi connectivity index (χ2n) is 5.44. The van der Waals surface area contributed by atoms with Crippen LogP contribution in [0.3, 0.4) is 0 Å². The van der Waals surface area contributed by atoms with Gasteiger partial charge in [0, 0.05) is 19.0 Å². The molecule has 0 spiro atoms. The van der Waals surface area contributed by atoms with Crippen LogP contribution in [0.5, 0.6) is 0 Å². The van der Waals surface area contributed by atoms with E-state index in [0.29, 0.717) is 5.92 Å². The normalized spacial score (nSPS) is 19.6. The van der Waals surface area contributed by atoms with Crippen LogP contribution in [0.25, 0.3) is 0 Å². The maximum absolute atomic E-state index is 4.26. The molecule has 5 heteroatoms. The summed E-state index contributed by atoms with van der Waals surface area (Å²) in [6, 6.07) is 8.90. The molecular formula is C16H21N5. The molecule has 0 bridgehead atoms. The highest BCUT2D eigenvalue weighted by atomic mass is 15.6. The largest absolute Gasteiger partial charge is 0.313 e. The van der Waals surface area contributed by atoms with Gasteiger partial charge in [-0.05, 0) is 22.8 Å². The summed E-state index contributed by atoms with van der Waals surface area (Å²) >= 11 is 0. The van der Waals surface area contributed by atoms with Crippen molar-refractivity contribution >= 4 is 0 Å². The maximum atomic E-state index is 4.26. The predicted molar refractivity (Wildman–Crippen MR) is 81.9 cm³/mol. The van der Waals surface area contributed by atoms with Crippen LogP contribution in [0.15, 0.2) is 42.7 Å². The van der Waals surface area contributed by atoms with E-state index in [1.54, 1.807) is 4.80 Å². The van der Waals surface area contributed by atoms with Crippen molar-refractivity contribution in [1.82, 2.24) is 25.5 Å². The fourth-order valence-corrected chi connectivity index (χ4v) is 2.89. The molecule has 0 unspecified atom stereocenters. The van der Waals surface area contributed by atoms with E-state index >= 15 is 0 Å². The highest BCUT2D eigenvalue weighted by Gasteiger charge is 2.25. The zero-order valence-electron chi connectivity index (χ0n) is 12.3. The Bertz CT molecular complexity index is 573. The minimum absolute atomic E-state index is 0.0900. The Morgan fingerprint density at radius 1 is 1.33 bits per heavy atom. The van der Waals surface area contributed by atoms with Crippen molar-refractivity contribution in [1.29, 1.82) is 0 Å². The molecule has 2 atom stereocenters. The molecule has 0 amide bonds. The third-order valence-electron chi connectivity index (χ3n) is 3.90. The molecule has 3 rings (SSSR count). The van der Waals surface area contributed by atoms with Crippen molar-refractivity contribution in [2.45, 2.75) is 25.8 Å². The standard InChI is InChI=1S/C16H21N5/c1-2-4-13-6-8-14(9-7-13)16(21-19-12-18-20-21)15-5-3-10-17-11-15/h3,5-9,12,15-17H,2,4,10-11H2,1H3/t15-,16-/m0/s1. The van der Waals surface area contributed by atoms with Crippen LogP contribution in [0.2, 0.25) is 0 Å². The quantitative estimate of drug-likeness (QED) is 0.853. The summed E-state index contributed by atoms with van der Waals surface area (Å²) in [5, 5.41) is 15.7. The lowest BCUT2D eigenvalue weighted by atomic mass is 9.90. The highest BCUT2D eigenvalue weighted by Crippen LogP contribution is 2.27. The molecule has 0 radical (unpaired) electrons. The molecule has 1 aromatic heterocycles. The molecule has 0 saturated carbocycles. The van der Waals surface area contributed by atoms with Gasteiger partial charge in [0.2, 0.25) is 0 Å². The molecule has 0 aliphatic carbocycles. The first-order valence-corrected chi connectivity index (χ1v) is 7.57. The van der Waals surface area contributed by atoms with Gasteiger partial charge in [-0.3, -0.25) is 0 Å². The molecule has 2 heterocycles. The van der Waals surface area contributed by atoms with E-state index in [2.05, 4.69) is 64.1 Å². The van der Waals surface area contributed by atoms with Gasteiger partial charge in [0.15, 0.2) is 6.33 Å².